The number of carbonyl (C=O) groups is 1. The lowest BCUT2D eigenvalue weighted by Gasteiger charge is -2.24. The highest BCUT2D eigenvalue weighted by Crippen LogP contribution is 2.37. The Morgan fingerprint density at radius 3 is 2.77 bits per heavy atom. The summed E-state index contributed by atoms with van der Waals surface area (Å²) in [6.45, 7) is 1.91. The third-order valence-corrected chi connectivity index (χ3v) is 8.35. The summed E-state index contributed by atoms with van der Waals surface area (Å²) in [6.07, 6.45) is 0.851. The number of nitrogens with one attached hydrogen (secondary N) is 1. The number of anilines is 2. The van der Waals surface area contributed by atoms with E-state index in [1.54, 1.807) is 18.2 Å². The van der Waals surface area contributed by atoms with Gasteiger partial charge in [0.1, 0.15) is 12.4 Å². The van der Waals surface area contributed by atoms with Crippen LogP contribution in [0.25, 0.3) is 0 Å². The van der Waals surface area contributed by atoms with E-state index in [0.717, 1.165) is 12.0 Å². The lowest BCUT2D eigenvalue weighted by atomic mass is 10.1. The summed E-state index contributed by atoms with van der Waals surface area (Å²) in [5.41, 5.74) is 2.02. The second kappa shape index (κ2) is 8.39. The van der Waals surface area contributed by atoms with E-state index < -0.39 is 15.7 Å². The van der Waals surface area contributed by atoms with Crippen LogP contribution in [-0.2, 0) is 21.1 Å². The number of aliphatic imine (C=N–C) groups is 1. The Balaban J connectivity index is 1.57. The molecule has 0 aromatic heterocycles. The first-order valence-corrected chi connectivity index (χ1v) is 12.4. The topological polar surface area (TPSA) is 78.8 Å². The van der Waals surface area contributed by atoms with E-state index >= 15 is 0 Å². The molecule has 2 aromatic carbocycles. The van der Waals surface area contributed by atoms with Crippen LogP contribution >= 0.6 is 11.8 Å². The third kappa shape index (κ3) is 4.52. The molecule has 4 rings (SSSR count). The van der Waals surface area contributed by atoms with E-state index in [0.29, 0.717) is 10.9 Å². The van der Waals surface area contributed by atoms with Gasteiger partial charge in [-0.15, -0.1) is 0 Å². The Hall–Kier alpha value is -2.39. The molecule has 2 atom stereocenters. The van der Waals surface area contributed by atoms with Gasteiger partial charge in [0.15, 0.2) is 15.0 Å². The number of amides is 1. The molecular weight excluding hydrogens is 425 g/mol. The van der Waals surface area contributed by atoms with Gasteiger partial charge in [0.05, 0.1) is 23.2 Å². The second-order valence-corrected chi connectivity index (χ2v) is 10.7. The van der Waals surface area contributed by atoms with E-state index in [-0.39, 0.29) is 40.9 Å². The third-order valence-electron chi connectivity index (χ3n) is 5.10. The highest BCUT2D eigenvalue weighted by molar-refractivity contribution is 8.15. The standard InChI is InChI=1S/C21H22FN3O3S2/c1-2-14-6-5-7-15(10-14)23-20(26)11-25(18-9-4-3-8-16(18)22)21-24-17-12-30(27,28)13-19(17)29-21/h3-10,17,19H,2,11-13H2,1H3,(H,23,26)/t17-,19+/m1/s1. The Morgan fingerprint density at radius 1 is 1.23 bits per heavy atom. The van der Waals surface area contributed by atoms with Crippen molar-refractivity contribution in [3.05, 3.63) is 59.9 Å². The summed E-state index contributed by atoms with van der Waals surface area (Å²) < 4.78 is 38.3. The molecular formula is C21H22FN3O3S2. The number of sulfone groups is 1. The number of aryl methyl sites for hydroxylation is 1. The van der Waals surface area contributed by atoms with E-state index in [1.807, 2.05) is 31.2 Å². The quantitative estimate of drug-likeness (QED) is 0.762. The maximum absolute atomic E-state index is 14.5. The number of halogens is 1. The molecule has 0 saturated carbocycles. The van der Waals surface area contributed by atoms with Crippen molar-refractivity contribution in [2.24, 2.45) is 4.99 Å². The number of benzene rings is 2. The van der Waals surface area contributed by atoms with Gasteiger partial charge in [-0.05, 0) is 36.2 Å². The van der Waals surface area contributed by atoms with Gasteiger partial charge in [0.2, 0.25) is 5.91 Å². The molecule has 0 radical (unpaired) electrons. The van der Waals surface area contributed by atoms with Crippen LogP contribution in [0, 0.1) is 5.82 Å². The van der Waals surface area contributed by atoms with Gasteiger partial charge in [-0.1, -0.05) is 43.0 Å². The van der Waals surface area contributed by atoms with Gasteiger partial charge in [-0.2, -0.15) is 0 Å². The fraction of sp³-hybridized carbons (Fsp3) is 0.333. The van der Waals surface area contributed by atoms with Crippen LogP contribution in [0.3, 0.4) is 0 Å². The summed E-state index contributed by atoms with van der Waals surface area (Å²) in [7, 11) is -3.10. The highest BCUT2D eigenvalue weighted by atomic mass is 32.2. The molecule has 2 heterocycles. The predicted octanol–water partition coefficient (Wildman–Crippen LogP) is 3.10. The molecule has 1 amide bonds. The minimum atomic E-state index is -3.10. The van der Waals surface area contributed by atoms with Crippen LogP contribution in [0.15, 0.2) is 53.5 Å². The van der Waals surface area contributed by atoms with Gasteiger partial charge >= 0.3 is 0 Å². The molecule has 9 heteroatoms. The SMILES string of the molecule is CCc1cccc(NC(=O)CN(C2=N[C@@H]3CS(=O)(=O)C[C@@H]3S2)c2ccccc2F)c1. The molecule has 2 aromatic rings. The van der Waals surface area contributed by atoms with E-state index in [9.17, 15) is 17.6 Å². The van der Waals surface area contributed by atoms with Crippen molar-refractivity contribution in [1.29, 1.82) is 0 Å². The average Bonchev–Trinajstić information content (AvgIpc) is 3.20. The minimum Gasteiger partial charge on any atom is -0.325 e. The minimum absolute atomic E-state index is 0.00468. The first-order chi connectivity index (χ1) is 14.3. The Morgan fingerprint density at radius 2 is 2.03 bits per heavy atom. The largest absolute Gasteiger partial charge is 0.325 e. The summed E-state index contributed by atoms with van der Waals surface area (Å²) >= 11 is 1.30. The monoisotopic (exact) mass is 447 g/mol. The summed E-state index contributed by atoms with van der Waals surface area (Å²) in [5, 5.41) is 3.14. The molecule has 30 heavy (non-hydrogen) atoms. The van der Waals surface area contributed by atoms with Gasteiger partial charge in [0.25, 0.3) is 0 Å². The van der Waals surface area contributed by atoms with Crippen LogP contribution in [0.1, 0.15) is 12.5 Å². The number of hydrogen-bond acceptors (Lipinski definition) is 6. The Kier molecular flexibility index (Phi) is 5.84. The number of fused-ring (bicyclic) bond motifs is 1. The summed E-state index contributed by atoms with van der Waals surface area (Å²) in [6, 6.07) is 13.4. The summed E-state index contributed by atoms with van der Waals surface area (Å²) in [4.78, 5) is 18.8. The van der Waals surface area contributed by atoms with Crippen molar-refractivity contribution >= 4 is 44.0 Å². The number of hydrogen-bond donors (Lipinski definition) is 1. The molecule has 2 aliphatic heterocycles. The average molecular weight is 448 g/mol. The van der Waals surface area contributed by atoms with E-state index in [4.69, 9.17) is 0 Å². The number of nitrogens with zero attached hydrogens (tertiary/aromatic N) is 2. The molecule has 2 aliphatic rings. The fourth-order valence-electron chi connectivity index (χ4n) is 3.61. The zero-order valence-electron chi connectivity index (χ0n) is 16.4. The predicted molar refractivity (Wildman–Crippen MR) is 119 cm³/mol. The maximum atomic E-state index is 14.5. The lowest BCUT2D eigenvalue weighted by Crippen LogP contribution is -2.37. The first-order valence-electron chi connectivity index (χ1n) is 9.70. The fourth-order valence-corrected chi connectivity index (χ4v) is 7.38. The zero-order chi connectivity index (χ0) is 21.3. The van der Waals surface area contributed by atoms with Crippen LogP contribution in [0.4, 0.5) is 15.8 Å². The number of amidine groups is 1. The molecule has 0 bridgehead atoms. The smallest absolute Gasteiger partial charge is 0.244 e. The number of carbonyl (C=O) groups excluding carboxylic acids is 1. The molecule has 0 unspecified atom stereocenters. The maximum Gasteiger partial charge on any atom is 0.244 e. The lowest BCUT2D eigenvalue weighted by molar-refractivity contribution is -0.114. The van der Waals surface area contributed by atoms with E-state index in [1.165, 1.54) is 22.7 Å². The normalized spacial score (nSPS) is 21.7. The van der Waals surface area contributed by atoms with Crippen LogP contribution in [0.2, 0.25) is 0 Å². The first kappa shape index (κ1) is 20.9. The van der Waals surface area contributed by atoms with Gasteiger partial charge in [-0.25, -0.2) is 12.8 Å². The van der Waals surface area contributed by atoms with Crippen LogP contribution in [0.5, 0.6) is 0 Å². The van der Waals surface area contributed by atoms with Crippen molar-refractivity contribution in [2.45, 2.75) is 24.6 Å². The van der Waals surface area contributed by atoms with Crippen LogP contribution < -0.4 is 10.2 Å². The molecule has 1 saturated heterocycles. The number of para-hydroxylation sites is 1. The molecule has 1 fully saturated rings. The molecule has 158 valence electrons. The van der Waals surface area contributed by atoms with Gasteiger partial charge in [0, 0.05) is 10.9 Å². The Bertz CT molecular complexity index is 1100. The van der Waals surface area contributed by atoms with Crippen molar-refractivity contribution < 1.29 is 17.6 Å². The molecule has 6 nitrogen and oxygen atoms in total. The zero-order valence-corrected chi connectivity index (χ0v) is 18.0. The van der Waals surface area contributed by atoms with Crippen molar-refractivity contribution in [3.63, 3.8) is 0 Å². The number of thioether (sulfide) groups is 1. The molecule has 0 aliphatic carbocycles. The second-order valence-electron chi connectivity index (χ2n) is 7.35. The van der Waals surface area contributed by atoms with Crippen LogP contribution in [-0.4, -0.2) is 48.8 Å². The van der Waals surface area contributed by atoms with Crippen molar-refractivity contribution in [2.75, 3.05) is 28.3 Å². The van der Waals surface area contributed by atoms with E-state index in [2.05, 4.69) is 10.3 Å². The van der Waals surface area contributed by atoms with Gasteiger partial charge in [-0.3, -0.25) is 9.79 Å². The highest BCUT2D eigenvalue weighted by Gasteiger charge is 2.44. The summed E-state index contributed by atoms with van der Waals surface area (Å²) in [5.74, 6) is -0.725. The molecule has 0 spiro atoms. The van der Waals surface area contributed by atoms with Gasteiger partial charge < -0.3 is 10.2 Å². The Labute approximate surface area is 179 Å². The van der Waals surface area contributed by atoms with Crippen molar-refractivity contribution in [3.8, 4) is 0 Å². The van der Waals surface area contributed by atoms with Crippen molar-refractivity contribution in [1.82, 2.24) is 0 Å². The molecule has 1 N–H and O–H groups in total. The number of rotatable bonds is 5.